The van der Waals surface area contributed by atoms with E-state index in [0.717, 1.165) is 5.56 Å². The van der Waals surface area contributed by atoms with Crippen LogP contribution < -0.4 is 5.32 Å². The number of halogens is 1. The predicted octanol–water partition coefficient (Wildman–Crippen LogP) is 4.34. The highest BCUT2D eigenvalue weighted by molar-refractivity contribution is 6.30. The van der Waals surface area contributed by atoms with Crippen molar-refractivity contribution in [1.29, 1.82) is 0 Å². The molecule has 0 aromatic heterocycles. The number of carbonyl (C=O) groups excluding carboxylic acids is 2. The quantitative estimate of drug-likeness (QED) is 0.674. The van der Waals surface area contributed by atoms with Crippen LogP contribution in [0.5, 0.6) is 0 Å². The van der Waals surface area contributed by atoms with Crippen LogP contribution in [0, 0.1) is 5.92 Å². The summed E-state index contributed by atoms with van der Waals surface area (Å²) in [6, 6.07) is 16.5. The Kier molecular flexibility index (Phi) is 4.58. The maximum absolute atomic E-state index is 12.4. The standard InChI is InChI=1S/C19H16ClNO2/c20-15-7-9-16(10-8-15)21-19(23)17-11-6-14(18(17)22)12-13-4-2-1-3-5-13/h1-5,7-10,12,17H,6,11H2,(H,21,23)/b14-12-/t17-/m1/s1. The SMILES string of the molecule is O=C(Nc1ccc(Cl)cc1)[C@@H]1CC/C(=C/c2ccccc2)C1=O. The van der Waals surface area contributed by atoms with Crippen molar-refractivity contribution in [2.24, 2.45) is 5.92 Å². The Morgan fingerprint density at radius 2 is 1.78 bits per heavy atom. The summed E-state index contributed by atoms with van der Waals surface area (Å²) in [6.45, 7) is 0. The number of Topliss-reactive ketones (excluding diaryl/α,β-unsaturated/α-hetero) is 1. The Morgan fingerprint density at radius 3 is 2.48 bits per heavy atom. The molecule has 1 saturated carbocycles. The van der Waals surface area contributed by atoms with Crippen LogP contribution in [-0.2, 0) is 9.59 Å². The molecule has 1 fully saturated rings. The molecule has 23 heavy (non-hydrogen) atoms. The first-order valence-electron chi connectivity index (χ1n) is 7.50. The number of rotatable bonds is 3. The topological polar surface area (TPSA) is 46.2 Å². The van der Waals surface area contributed by atoms with Gasteiger partial charge in [0.25, 0.3) is 0 Å². The molecular weight excluding hydrogens is 310 g/mol. The van der Waals surface area contributed by atoms with Crippen molar-refractivity contribution < 1.29 is 9.59 Å². The number of allylic oxidation sites excluding steroid dienone is 1. The molecule has 0 bridgehead atoms. The van der Waals surface area contributed by atoms with Gasteiger partial charge in [-0.25, -0.2) is 0 Å². The fourth-order valence-corrected chi connectivity index (χ4v) is 2.81. The molecule has 0 spiro atoms. The minimum atomic E-state index is -0.611. The van der Waals surface area contributed by atoms with E-state index in [1.165, 1.54) is 0 Å². The van der Waals surface area contributed by atoms with E-state index in [1.807, 2.05) is 36.4 Å². The first-order chi connectivity index (χ1) is 11.1. The summed E-state index contributed by atoms with van der Waals surface area (Å²) in [7, 11) is 0. The first-order valence-corrected chi connectivity index (χ1v) is 7.87. The summed E-state index contributed by atoms with van der Waals surface area (Å²) in [5, 5.41) is 3.38. The van der Waals surface area contributed by atoms with Gasteiger partial charge in [0.05, 0.1) is 0 Å². The van der Waals surface area contributed by atoms with E-state index in [2.05, 4.69) is 5.32 Å². The van der Waals surface area contributed by atoms with Crippen molar-refractivity contribution in [2.45, 2.75) is 12.8 Å². The van der Waals surface area contributed by atoms with Gasteiger partial charge >= 0.3 is 0 Å². The number of nitrogens with one attached hydrogen (secondary N) is 1. The number of hydrogen-bond donors (Lipinski definition) is 1. The van der Waals surface area contributed by atoms with Gasteiger partial charge in [0.1, 0.15) is 5.92 Å². The number of ketones is 1. The lowest BCUT2D eigenvalue weighted by molar-refractivity contribution is -0.127. The second-order valence-electron chi connectivity index (χ2n) is 5.53. The number of benzene rings is 2. The maximum Gasteiger partial charge on any atom is 0.235 e. The Bertz CT molecular complexity index is 751. The van der Waals surface area contributed by atoms with Crippen molar-refractivity contribution in [1.82, 2.24) is 0 Å². The molecule has 1 aliphatic rings. The summed E-state index contributed by atoms with van der Waals surface area (Å²) in [5.41, 5.74) is 2.34. The van der Waals surface area contributed by atoms with E-state index in [-0.39, 0.29) is 11.7 Å². The van der Waals surface area contributed by atoms with Gasteiger partial charge in [0.15, 0.2) is 5.78 Å². The highest BCUT2D eigenvalue weighted by Crippen LogP contribution is 2.29. The lowest BCUT2D eigenvalue weighted by atomic mass is 10.0. The lowest BCUT2D eigenvalue weighted by Gasteiger charge is -2.09. The average Bonchev–Trinajstić information content (AvgIpc) is 2.92. The minimum absolute atomic E-state index is 0.0830. The van der Waals surface area contributed by atoms with Gasteiger partial charge in [-0.3, -0.25) is 9.59 Å². The van der Waals surface area contributed by atoms with Crippen LogP contribution in [0.25, 0.3) is 6.08 Å². The largest absolute Gasteiger partial charge is 0.325 e. The Hall–Kier alpha value is -2.39. The molecule has 2 aromatic rings. The van der Waals surface area contributed by atoms with Gasteiger partial charge in [-0.05, 0) is 54.3 Å². The maximum atomic E-state index is 12.4. The molecule has 3 rings (SSSR count). The fraction of sp³-hybridized carbons (Fsp3) is 0.158. The van der Waals surface area contributed by atoms with Crippen molar-refractivity contribution >= 4 is 35.1 Å². The van der Waals surface area contributed by atoms with Crippen molar-refractivity contribution in [3.63, 3.8) is 0 Å². The molecule has 1 amide bonds. The highest BCUT2D eigenvalue weighted by Gasteiger charge is 2.34. The second-order valence-corrected chi connectivity index (χ2v) is 5.97. The normalized spacial score (nSPS) is 19.1. The number of amides is 1. The van der Waals surface area contributed by atoms with Gasteiger partial charge in [0, 0.05) is 10.7 Å². The van der Waals surface area contributed by atoms with E-state index in [4.69, 9.17) is 11.6 Å². The van der Waals surface area contributed by atoms with Crippen LogP contribution in [0.4, 0.5) is 5.69 Å². The van der Waals surface area contributed by atoms with Gasteiger partial charge in [-0.1, -0.05) is 41.9 Å². The van der Waals surface area contributed by atoms with Crippen LogP contribution in [0.3, 0.4) is 0 Å². The summed E-state index contributed by atoms with van der Waals surface area (Å²) < 4.78 is 0. The zero-order valence-electron chi connectivity index (χ0n) is 12.5. The Labute approximate surface area is 140 Å². The molecule has 0 aliphatic heterocycles. The third-order valence-electron chi connectivity index (χ3n) is 3.90. The summed E-state index contributed by atoms with van der Waals surface area (Å²) >= 11 is 5.82. The first kappa shape index (κ1) is 15.5. The van der Waals surface area contributed by atoms with Crippen molar-refractivity contribution in [3.05, 3.63) is 70.8 Å². The molecule has 4 heteroatoms. The monoisotopic (exact) mass is 325 g/mol. The fourth-order valence-electron chi connectivity index (χ4n) is 2.68. The third kappa shape index (κ3) is 3.69. The van der Waals surface area contributed by atoms with Gasteiger partial charge in [0.2, 0.25) is 5.91 Å². The Balaban J connectivity index is 1.70. The molecule has 0 heterocycles. The van der Waals surface area contributed by atoms with Crippen molar-refractivity contribution in [2.75, 3.05) is 5.32 Å². The van der Waals surface area contributed by atoms with Gasteiger partial charge < -0.3 is 5.32 Å². The third-order valence-corrected chi connectivity index (χ3v) is 4.16. The minimum Gasteiger partial charge on any atom is -0.325 e. The smallest absolute Gasteiger partial charge is 0.235 e. The lowest BCUT2D eigenvalue weighted by Crippen LogP contribution is -2.26. The molecule has 116 valence electrons. The highest BCUT2D eigenvalue weighted by atomic mass is 35.5. The second kappa shape index (κ2) is 6.80. The van der Waals surface area contributed by atoms with Crippen LogP contribution in [0.1, 0.15) is 18.4 Å². The summed E-state index contributed by atoms with van der Waals surface area (Å²) in [4.78, 5) is 24.8. The van der Waals surface area contributed by atoms with E-state index in [0.29, 0.717) is 29.1 Å². The zero-order chi connectivity index (χ0) is 16.2. The van der Waals surface area contributed by atoms with Crippen LogP contribution in [-0.4, -0.2) is 11.7 Å². The van der Waals surface area contributed by atoms with E-state index in [9.17, 15) is 9.59 Å². The number of anilines is 1. The van der Waals surface area contributed by atoms with E-state index < -0.39 is 5.92 Å². The summed E-state index contributed by atoms with van der Waals surface area (Å²) in [5.74, 6) is -0.949. The Morgan fingerprint density at radius 1 is 1.09 bits per heavy atom. The van der Waals surface area contributed by atoms with Gasteiger partial charge in [-0.15, -0.1) is 0 Å². The zero-order valence-corrected chi connectivity index (χ0v) is 13.2. The molecule has 0 saturated heterocycles. The van der Waals surface area contributed by atoms with Crippen LogP contribution in [0.2, 0.25) is 5.02 Å². The summed E-state index contributed by atoms with van der Waals surface area (Å²) in [6.07, 6.45) is 3.06. The van der Waals surface area contributed by atoms with Crippen LogP contribution >= 0.6 is 11.6 Å². The van der Waals surface area contributed by atoms with E-state index >= 15 is 0 Å². The van der Waals surface area contributed by atoms with Crippen molar-refractivity contribution in [3.8, 4) is 0 Å². The predicted molar refractivity (Wildman–Crippen MR) is 92.2 cm³/mol. The molecule has 1 N–H and O–H groups in total. The van der Waals surface area contributed by atoms with E-state index in [1.54, 1.807) is 24.3 Å². The number of hydrogen-bond acceptors (Lipinski definition) is 2. The number of carbonyl (C=O) groups is 2. The molecule has 2 aromatic carbocycles. The molecule has 3 nitrogen and oxygen atoms in total. The van der Waals surface area contributed by atoms with Gasteiger partial charge in [-0.2, -0.15) is 0 Å². The molecular formula is C19H16ClNO2. The molecule has 0 unspecified atom stereocenters. The molecule has 1 aliphatic carbocycles. The van der Waals surface area contributed by atoms with Crippen LogP contribution in [0.15, 0.2) is 60.2 Å². The molecule has 0 radical (unpaired) electrons. The molecule has 1 atom stereocenters. The average molecular weight is 326 g/mol.